The molecule has 2 nitrogen and oxygen atoms in total. The summed E-state index contributed by atoms with van der Waals surface area (Å²) in [6.07, 6.45) is 1.27. The molecule has 1 fully saturated rings. The van der Waals surface area contributed by atoms with E-state index in [0.29, 0.717) is 5.41 Å². The van der Waals surface area contributed by atoms with Crippen LogP contribution in [0.4, 0.5) is 0 Å². The highest BCUT2D eigenvalue weighted by molar-refractivity contribution is 4.95. The van der Waals surface area contributed by atoms with Crippen LogP contribution in [0.25, 0.3) is 0 Å². The van der Waals surface area contributed by atoms with Crippen molar-refractivity contribution in [1.82, 2.24) is 4.90 Å². The van der Waals surface area contributed by atoms with E-state index in [9.17, 15) is 0 Å². The Balaban J connectivity index is 2.12. The molecule has 2 heteroatoms. The van der Waals surface area contributed by atoms with Crippen molar-refractivity contribution in [3.05, 3.63) is 0 Å². The fraction of sp³-hybridized carbons (Fsp3) is 1.00. The van der Waals surface area contributed by atoms with E-state index >= 15 is 0 Å². The van der Waals surface area contributed by atoms with Crippen LogP contribution >= 0.6 is 0 Å². The van der Waals surface area contributed by atoms with Crippen LogP contribution in [0.2, 0.25) is 0 Å². The van der Waals surface area contributed by atoms with Gasteiger partial charge in [-0.05, 0) is 25.3 Å². The Kier molecular flexibility index (Phi) is 2.50. The maximum absolute atomic E-state index is 5.91. The van der Waals surface area contributed by atoms with Crippen molar-refractivity contribution < 1.29 is 0 Å². The lowest BCUT2D eigenvalue weighted by Crippen LogP contribution is -2.65. The Morgan fingerprint density at radius 3 is 2.17 bits per heavy atom. The summed E-state index contributed by atoms with van der Waals surface area (Å²) >= 11 is 0. The number of nitrogens with two attached hydrogens (primary N) is 1. The highest BCUT2D eigenvalue weighted by Gasteiger charge is 2.34. The molecular formula is C10H22N2. The lowest BCUT2D eigenvalue weighted by atomic mass is 9.89. The Labute approximate surface area is 76.1 Å². The molecule has 1 rings (SSSR count). The molecule has 0 radical (unpaired) electrons. The van der Waals surface area contributed by atoms with Crippen molar-refractivity contribution in [2.75, 3.05) is 19.6 Å². The second-order valence-electron chi connectivity index (χ2n) is 5.68. The number of rotatable bonds is 2. The van der Waals surface area contributed by atoms with E-state index in [1.165, 1.54) is 13.0 Å². The van der Waals surface area contributed by atoms with Gasteiger partial charge >= 0.3 is 0 Å². The van der Waals surface area contributed by atoms with Crippen LogP contribution in [0.5, 0.6) is 0 Å². The molecule has 1 saturated heterocycles. The molecule has 1 heterocycles. The number of likely N-dealkylation sites (tertiary alicyclic amines) is 1. The molecule has 0 aliphatic carbocycles. The summed E-state index contributed by atoms with van der Waals surface area (Å²) < 4.78 is 0. The third kappa shape index (κ3) is 3.11. The molecule has 72 valence electrons. The fourth-order valence-electron chi connectivity index (χ4n) is 1.63. The van der Waals surface area contributed by atoms with Gasteiger partial charge in [-0.3, -0.25) is 4.90 Å². The second kappa shape index (κ2) is 3.00. The molecule has 1 aliphatic rings. The zero-order chi connectivity index (χ0) is 9.41. The van der Waals surface area contributed by atoms with E-state index in [4.69, 9.17) is 5.73 Å². The first-order chi connectivity index (χ1) is 5.29. The van der Waals surface area contributed by atoms with E-state index in [1.807, 2.05) is 0 Å². The van der Waals surface area contributed by atoms with Crippen molar-refractivity contribution in [2.45, 2.75) is 39.7 Å². The summed E-state index contributed by atoms with van der Waals surface area (Å²) in [4.78, 5) is 2.44. The minimum absolute atomic E-state index is 0.0951. The SMILES string of the molecule is CC(C)(C)CCN1CC(C)(N)C1. The molecule has 0 saturated carbocycles. The molecular weight excluding hydrogens is 148 g/mol. The summed E-state index contributed by atoms with van der Waals surface area (Å²) in [5.74, 6) is 0. The molecule has 0 amide bonds. The van der Waals surface area contributed by atoms with Gasteiger partial charge in [0.2, 0.25) is 0 Å². The molecule has 0 spiro atoms. The first-order valence-corrected chi connectivity index (χ1v) is 4.80. The van der Waals surface area contributed by atoms with Gasteiger partial charge in [0.05, 0.1) is 0 Å². The van der Waals surface area contributed by atoms with Crippen LogP contribution in [0.1, 0.15) is 34.1 Å². The molecule has 0 bridgehead atoms. The molecule has 0 aromatic heterocycles. The van der Waals surface area contributed by atoms with Gasteiger partial charge in [-0.15, -0.1) is 0 Å². The van der Waals surface area contributed by atoms with E-state index in [-0.39, 0.29) is 5.54 Å². The average molecular weight is 170 g/mol. The summed E-state index contributed by atoms with van der Waals surface area (Å²) in [5.41, 5.74) is 6.46. The molecule has 12 heavy (non-hydrogen) atoms. The zero-order valence-electron chi connectivity index (χ0n) is 8.85. The fourth-order valence-corrected chi connectivity index (χ4v) is 1.63. The first kappa shape index (κ1) is 10.0. The standard InChI is InChI=1S/C10H22N2/c1-9(2,3)5-6-12-7-10(4,11)8-12/h5-8,11H2,1-4H3. The molecule has 1 aliphatic heterocycles. The average Bonchev–Trinajstić information content (AvgIpc) is 1.76. The van der Waals surface area contributed by atoms with Crippen molar-refractivity contribution >= 4 is 0 Å². The van der Waals surface area contributed by atoms with Gasteiger partial charge in [0.15, 0.2) is 0 Å². The third-order valence-corrected chi connectivity index (χ3v) is 2.35. The monoisotopic (exact) mass is 170 g/mol. The molecule has 0 unspecified atom stereocenters. The zero-order valence-corrected chi connectivity index (χ0v) is 8.85. The lowest BCUT2D eigenvalue weighted by Gasteiger charge is -2.46. The van der Waals surface area contributed by atoms with E-state index in [1.54, 1.807) is 0 Å². The van der Waals surface area contributed by atoms with Crippen molar-refractivity contribution in [2.24, 2.45) is 11.1 Å². The van der Waals surface area contributed by atoms with Crippen LogP contribution in [-0.4, -0.2) is 30.1 Å². The van der Waals surface area contributed by atoms with E-state index in [2.05, 4.69) is 32.6 Å². The van der Waals surface area contributed by atoms with Gasteiger partial charge in [-0.25, -0.2) is 0 Å². The van der Waals surface area contributed by atoms with Gasteiger partial charge in [-0.2, -0.15) is 0 Å². The van der Waals surface area contributed by atoms with E-state index < -0.39 is 0 Å². The Morgan fingerprint density at radius 2 is 1.83 bits per heavy atom. The van der Waals surface area contributed by atoms with Gasteiger partial charge < -0.3 is 5.73 Å². The minimum Gasteiger partial charge on any atom is -0.323 e. The van der Waals surface area contributed by atoms with Crippen LogP contribution < -0.4 is 5.73 Å². The third-order valence-electron chi connectivity index (χ3n) is 2.35. The van der Waals surface area contributed by atoms with Crippen LogP contribution in [0.3, 0.4) is 0 Å². The molecule has 0 aromatic rings. The van der Waals surface area contributed by atoms with Crippen molar-refractivity contribution in [1.29, 1.82) is 0 Å². The lowest BCUT2D eigenvalue weighted by molar-refractivity contribution is 0.0722. The van der Waals surface area contributed by atoms with E-state index in [0.717, 1.165) is 13.1 Å². The van der Waals surface area contributed by atoms with Crippen molar-refractivity contribution in [3.63, 3.8) is 0 Å². The Morgan fingerprint density at radius 1 is 1.33 bits per heavy atom. The Bertz CT molecular complexity index is 148. The molecule has 0 atom stereocenters. The van der Waals surface area contributed by atoms with Gasteiger partial charge in [0, 0.05) is 18.6 Å². The largest absolute Gasteiger partial charge is 0.323 e. The maximum Gasteiger partial charge on any atom is 0.0383 e. The molecule has 2 N–H and O–H groups in total. The summed E-state index contributed by atoms with van der Waals surface area (Å²) in [6, 6.07) is 0. The van der Waals surface area contributed by atoms with Gasteiger partial charge in [0.1, 0.15) is 0 Å². The summed E-state index contributed by atoms with van der Waals surface area (Å²) in [5, 5.41) is 0. The van der Waals surface area contributed by atoms with Gasteiger partial charge in [0.25, 0.3) is 0 Å². The smallest absolute Gasteiger partial charge is 0.0383 e. The minimum atomic E-state index is 0.0951. The topological polar surface area (TPSA) is 29.3 Å². The summed E-state index contributed by atoms with van der Waals surface area (Å²) in [6.45, 7) is 12.3. The number of nitrogens with zero attached hydrogens (tertiary/aromatic N) is 1. The highest BCUT2D eigenvalue weighted by atomic mass is 15.2. The van der Waals surface area contributed by atoms with Gasteiger partial charge in [-0.1, -0.05) is 20.8 Å². The number of hydrogen-bond donors (Lipinski definition) is 1. The van der Waals surface area contributed by atoms with Crippen LogP contribution in [-0.2, 0) is 0 Å². The van der Waals surface area contributed by atoms with Crippen molar-refractivity contribution in [3.8, 4) is 0 Å². The maximum atomic E-state index is 5.91. The predicted octanol–water partition coefficient (Wildman–Crippen LogP) is 1.46. The second-order valence-corrected chi connectivity index (χ2v) is 5.68. The van der Waals surface area contributed by atoms with Crippen LogP contribution in [0, 0.1) is 5.41 Å². The molecule has 0 aromatic carbocycles. The quantitative estimate of drug-likeness (QED) is 0.680. The first-order valence-electron chi connectivity index (χ1n) is 4.80. The highest BCUT2D eigenvalue weighted by Crippen LogP contribution is 2.23. The van der Waals surface area contributed by atoms with Crippen LogP contribution in [0.15, 0.2) is 0 Å². The normalized spacial score (nSPS) is 23.8. The Hall–Kier alpha value is -0.0800. The predicted molar refractivity (Wildman–Crippen MR) is 53.1 cm³/mol. The summed E-state index contributed by atoms with van der Waals surface area (Å²) in [7, 11) is 0. The number of hydrogen-bond acceptors (Lipinski definition) is 2.